The molecule has 0 saturated carbocycles. The average Bonchev–Trinajstić information content (AvgIpc) is 3.35. The van der Waals surface area contributed by atoms with Crippen LogP contribution in [0.3, 0.4) is 0 Å². The van der Waals surface area contributed by atoms with Crippen LogP contribution in [0.25, 0.3) is 16.9 Å². The molecule has 0 saturated heterocycles. The van der Waals surface area contributed by atoms with Gasteiger partial charge in [0.2, 0.25) is 0 Å². The van der Waals surface area contributed by atoms with Crippen molar-refractivity contribution in [3.63, 3.8) is 0 Å². The van der Waals surface area contributed by atoms with Crippen LogP contribution in [0.4, 0.5) is 5.69 Å². The molecule has 2 aromatic carbocycles. The fourth-order valence-corrected chi connectivity index (χ4v) is 4.19. The standard InChI is InChI=1S/C21H17ClN6O3S/c1-12-19(25-26-27(12)16-4-3-5-17(10-16)28(30)31)21(29)23-11-18-24-20(13(2)32-18)14-6-8-15(22)9-7-14/h3-10H,11H2,1-2H3,(H,23,29). The number of non-ortho nitro benzene ring substituents is 1. The Bertz CT molecular complexity index is 1320. The van der Waals surface area contributed by atoms with Crippen molar-refractivity contribution < 1.29 is 9.72 Å². The van der Waals surface area contributed by atoms with Crippen LogP contribution in [-0.4, -0.2) is 30.8 Å². The molecule has 0 spiro atoms. The number of nitro benzene ring substituents is 1. The fraction of sp³-hybridized carbons (Fsp3) is 0.143. The number of halogens is 1. The topological polar surface area (TPSA) is 116 Å². The molecule has 0 aliphatic rings. The lowest BCUT2D eigenvalue weighted by Gasteiger charge is -2.04. The van der Waals surface area contributed by atoms with Crippen molar-refractivity contribution in [3.8, 4) is 16.9 Å². The summed E-state index contributed by atoms with van der Waals surface area (Å²) in [6.45, 7) is 3.89. The number of nitrogens with zero attached hydrogens (tertiary/aromatic N) is 5. The average molecular weight is 469 g/mol. The third kappa shape index (κ3) is 4.36. The van der Waals surface area contributed by atoms with Gasteiger partial charge >= 0.3 is 0 Å². The second kappa shape index (κ2) is 8.85. The predicted octanol–water partition coefficient (Wildman–Crippen LogP) is 4.50. The van der Waals surface area contributed by atoms with E-state index in [2.05, 4.69) is 20.6 Å². The van der Waals surface area contributed by atoms with Gasteiger partial charge in [-0.15, -0.1) is 16.4 Å². The van der Waals surface area contributed by atoms with Crippen LogP contribution in [0.1, 0.15) is 26.1 Å². The Labute approximate surface area is 191 Å². The summed E-state index contributed by atoms with van der Waals surface area (Å²) in [6, 6.07) is 13.4. The maximum absolute atomic E-state index is 12.7. The zero-order valence-corrected chi connectivity index (χ0v) is 18.6. The summed E-state index contributed by atoms with van der Waals surface area (Å²) in [5.41, 5.74) is 2.80. The van der Waals surface area contributed by atoms with Gasteiger partial charge in [-0.05, 0) is 32.0 Å². The lowest BCUT2D eigenvalue weighted by Crippen LogP contribution is -2.24. The number of nitrogens with one attached hydrogen (secondary N) is 1. The lowest BCUT2D eigenvalue weighted by atomic mass is 10.1. The molecule has 2 aromatic heterocycles. The lowest BCUT2D eigenvalue weighted by molar-refractivity contribution is -0.384. The van der Waals surface area contributed by atoms with Gasteiger partial charge in [0.05, 0.1) is 28.5 Å². The molecule has 0 aliphatic carbocycles. The molecule has 0 atom stereocenters. The minimum atomic E-state index is -0.488. The van der Waals surface area contributed by atoms with Crippen LogP contribution in [0.5, 0.6) is 0 Å². The fourth-order valence-electron chi connectivity index (χ4n) is 3.16. The molecule has 0 fully saturated rings. The van der Waals surface area contributed by atoms with Crippen LogP contribution in [0.2, 0.25) is 5.02 Å². The quantitative estimate of drug-likeness (QED) is 0.329. The molecule has 9 nitrogen and oxygen atoms in total. The van der Waals surface area contributed by atoms with Gasteiger partial charge in [0.15, 0.2) is 5.69 Å². The number of hydrogen-bond acceptors (Lipinski definition) is 7. The number of carbonyl (C=O) groups excluding carboxylic acids is 1. The van der Waals surface area contributed by atoms with E-state index in [1.54, 1.807) is 19.1 Å². The van der Waals surface area contributed by atoms with Crippen LogP contribution in [0, 0.1) is 24.0 Å². The summed E-state index contributed by atoms with van der Waals surface area (Å²) in [5, 5.41) is 23.2. The first kappa shape index (κ1) is 21.6. The van der Waals surface area contributed by atoms with Crippen LogP contribution in [-0.2, 0) is 6.54 Å². The van der Waals surface area contributed by atoms with Crippen molar-refractivity contribution in [1.82, 2.24) is 25.3 Å². The molecule has 11 heteroatoms. The molecule has 2 heterocycles. The molecular weight excluding hydrogens is 452 g/mol. The van der Waals surface area contributed by atoms with E-state index in [1.165, 1.54) is 28.2 Å². The number of nitro groups is 1. The number of aryl methyl sites for hydroxylation is 1. The van der Waals surface area contributed by atoms with Crippen molar-refractivity contribution in [2.24, 2.45) is 0 Å². The molecule has 1 N–H and O–H groups in total. The molecule has 0 unspecified atom stereocenters. The van der Waals surface area contributed by atoms with Gasteiger partial charge in [0.25, 0.3) is 11.6 Å². The summed E-state index contributed by atoms with van der Waals surface area (Å²) < 4.78 is 1.40. The number of thiazole rings is 1. The van der Waals surface area contributed by atoms with Crippen molar-refractivity contribution >= 4 is 34.5 Å². The van der Waals surface area contributed by atoms with Gasteiger partial charge in [-0.25, -0.2) is 9.67 Å². The van der Waals surface area contributed by atoms with E-state index in [0.717, 1.165) is 21.1 Å². The van der Waals surface area contributed by atoms with E-state index in [4.69, 9.17) is 11.6 Å². The Morgan fingerprint density at radius 1 is 1.22 bits per heavy atom. The second-order valence-electron chi connectivity index (χ2n) is 6.91. The van der Waals surface area contributed by atoms with Gasteiger partial charge in [0.1, 0.15) is 5.01 Å². The highest BCUT2D eigenvalue weighted by molar-refractivity contribution is 7.12. The second-order valence-corrected chi connectivity index (χ2v) is 8.64. The summed E-state index contributed by atoms with van der Waals surface area (Å²) in [7, 11) is 0. The van der Waals surface area contributed by atoms with Crippen molar-refractivity contribution in [3.05, 3.63) is 84.9 Å². The molecule has 4 rings (SSSR count). The van der Waals surface area contributed by atoms with E-state index in [0.29, 0.717) is 16.4 Å². The highest BCUT2D eigenvalue weighted by Crippen LogP contribution is 2.28. The molecule has 0 bridgehead atoms. The van der Waals surface area contributed by atoms with Gasteiger partial charge in [-0.1, -0.05) is 35.0 Å². The number of hydrogen-bond donors (Lipinski definition) is 1. The van der Waals surface area contributed by atoms with E-state index in [-0.39, 0.29) is 17.9 Å². The third-order valence-corrected chi connectivity index (χ3v) is 5.98. The largest absolute Gasteiger partial charge is 0.344 e. The molecule has 4 aromatic rings. The van der Waals surface area contributed by atoms with E-state index in [1.807, 2.05) is 31.2 Å². The first-order chi connectivity index (χ1) is 15.3. The summed E-state index contributed by atoms with van der Waals surface area (Å²) in [5.74, 6) is -0.403. The van der Waals surface area contributed by atoms with Gasteiger partial charge in [-0.2, -0.15) is 0 Å². The number of amides is 1. The first-order valence-corrected chi connectivity index (χ1v) is 10.7. The summed E-state index contributed by atoms with van der Waals surface area (Å²) in [6.07, 6.45) is 0. The van der Waals surface area contributed by atoms with Gasteiger partial charge < -0.3 is 5.32 Å². The Hall–Kier alpha value is -3.63. The smallest absolute Gasteiger partial charge is 0.274 e. The SMILES string of the molecule is Cc1sc(CNC(=O)c2nnn(-c3cccc([N+](=O)[O-])c3)c2C)nc1-c1ccc(Cl)cc1. The highest BCUT2D eigenvalue weighted by atomic mass is 35.5. The Morgan fingerprint density at radius 3 is 2.69 bits per heavy atom. The zero-order chi connectivity index (χ0) is 22.8. The molecule has 162 valence electrons. The summed E-state index contributed by atoms with van der Waals surface area (Å²) >= 11 is 7.45. The molecule has 1 amide bonds. The maximum Gasteiger partial charge on any atom is 0.274 e. The van der Waals surface area contributed by atoms with E-state index in [9.17, 15) is 14.9 Å². The molecule has 32 heavy (non-hydrogen) atoms. The predicted molar refractivity (Wildman–Crippen MR) is 121 cm³/mol. The summed E-state index contributed by atoms with van der Waals surface area (Å²) in [4.78, 5) is 28.9. The number of carbonyl (C=O) groups is 1. The normalized spacial score (nSPS) is 10.8. The van der Waals surface area contributed by atoms with Crippen molar-refractivity contribution in [2.45, 2.75) is 20.4 Å². The van der Waals surface area contributed by atoms with Crippen LogP contribution in [0.15, 0.2) is 48.5 Å². The van der Waals surface area contributed by atoms with Gasteiger partial charge in [0, 0.05) is 27.6 Å². The maximum atomic E-state index is 12.7. The van der Waals surface area contributed by atoms with E-state index >= 15 is 0 Å². The number of benzene rings is 2. The Kier molecular flexibility index (Phi) is 5.97. The zero-order valence-electron chi connectivity index (χ0n) is 17.1. The minimum Gasteiger partial charge on any atom is -0.344 e. The molecular formula is C21H17ClN6O3S. The Balaban J connectivity index is 1.49. The number of rotatable bonds is 6. The Morgan fingerprint density at radius 2 is 1.97 bits per heavy atom. The number of aromatic nitrogens is 4. The van der Waals surface area contributed by atoms with Gasteiger partial charge in [-0.3, -0.25) is 14.9 Å². The van der Waals surface area contributed by atoms with E-state index < -0.39 is 10.8 Å². The monoisotopic (exact) mass is 468 g/mol. The highest BCUT2D eigenvalue weighted by Gasteiger charge is 2.19. The molecule has 0 radical (unpaired) electrons. The van der Waals surface area contributed by atoms with Crippen LogP contribution >= 0.6 is 22.9 Å². The van der Waals surface area contributed by atoms with Crippen LogP contribution < -0.4 is 5.32 Å². The van der Waals surface area contributed by atoms with Crippen molar-refractivity contribution in [1.29, 1.82) is 0 Å². The first-order valence-electron chi connectivity index (χ1n) is 9.51. The third-order valence-electron chi connectivity index (χ3n) is 4.75. The minimum absolute atomic E-state index is 0.0703. The molecule has 0 aliphatic heterocycles. The van der Waals surface area contributed by atoms with Crippen molar-refractivity contribution in [2.75, 3.05) is 0 Å².